The van der Waals surface area contributed by atoms with Gasteiger partial charge in [0.15, 0.2) is 5.82 Å². The molecule has 0 saturated carbocycles. The zero-order chi connectivity index (χ0) is 22.9. The Kier molecular flexibility index (Phi) is 6.09. The summed E-state index contributed by atoms with van der Waals surface area (Å²) in [6.07, 6.45) is 0. The predicted molar refractivity (Wildman–Crippen MR) is 121 cm³/mol. The van der Waals surface area contributed by atoms with Gasteiger partial charge in [-0.15, -0.1) is 10.2 Å². The smallest absolute Gasteiger partial charge is 0.270 e. The second-order valence-corrected chi connectivity index (χ2v) is 9.72. The molecule has 1 saturated heterocycles. The molecule has 0 amide bonds. The lowest BCUT2D eigenvalue weighted by atomic mass is 10.1. The van der Waals surface area contributed by atoms with Gasteiger partial charge in [-0.2, -0.15) is 4.31 Å². The van der Waals surface area contributed by atoms with Crippen molar-refractivity contribution in [2.24, 2.45) is 0 Å². The summed E-state index contributed by atoms with van der Waals surface area (Å²) in [5.41, 5.74) is 1.84. The van der Waals surface area contributed by atoms with Crippen molar-refractivity contribution in [2.45, 2.75) is 11.8 Å². The summed E-state index contributed by atoms with van der Waals surface area (Å²) in [6, 6.07) is 14.9. The second-order valence-electron chi connectivity index (χ2n) is 7.38. The molecule has 1 aromatic heterocycles. The fourth-order valence-electron chi connectivity index (χ4n) is 3.55. The van der Waals surface area contributed by atoms with E-state index in [-0.39, 0.29) is 23.7 Å². The summed E-state index contributed by atoms with van der Waals surface area (Å²) in [5, 5.41) is 20.3. The lowest BCUT2D eigenvalue weighted by Crippen LogP contribution is -2.49. The lowest BCUT2D eigenvalue weighted by molar-refractivity contribution is -0.385. The fraction of sp³-hybridized carbons (Fsp3) is 0.238. The van der Waals surface area contributed by atoms with Gasteiger partial charge in [-0.25, -0.2) is 8.42 Å². The van der Waals surface area contributed by atoms with Crippen molar-refractivity contribution in [1.82, 2.24) is 14.5 Å². The number of hydrogen-bond donors (Lipinski definition) is 0. The van der Waals surface area contributed by atoms with Crippen LogP contribution in [-0.4, -0.2) is 54.0 Å². The minimum atomic E-state index is -3.85. The highest BCUT2D eigenvalue weighted by Crippen LogP contribution is 2.27. The second kappa shape index (κ2) is 8.81. The molecule has 0 unspecified atom stereocenters. The Labute approximate surface area is 190 Å². The zero-order valence-electron chi connectivity index (χ0n) is 17.2. The molecule has 9 nitrogen and oxygen atoms in total. The molecule has 0 radical (unpaired) electrons. The molecule has 2 aromatic carbocycles. The van der Waals surface area contributed by atoms with Crippen molar-refractivity contribution in [3.63, 3.8) is 0 Å². The highest BCUT2D eigenvalue weighted by Gasteiger charge is 2.31. The number of piperazine rings is 1. The number of hydrogen-bond acceptors (Lipinski definition) is 7. The molecule has 3 aromatic rings. The third-order valence-electron chi connectivity index (χ3n) is 5.35. The van der Waals surface area contributed by atoms with Gasteiger partial charge in [-0.05, 0) is 36.8 Å². The van der Waals surface area contributed by atoms with Crippen molar-refractivity contribution in [2.75, 3.05) is 31.1 Å². The molecule has 0 bridgehead atoms. The van der Waals surface area contributed by atoms with Gasteiger partial charge < -0.3 is 4.90 Å². The van der Waals surface area contributed by atoms with E-state index in [0.717, 1.165) is 11.6 Å². The summed E-state index contributed by atoms with van der Waals surface area (Å²) in [5.74, 6) is 0.659. The minimum Gasteiger partial charge on any atom is -0.352 e. The first kappa shape index (κ1) is 22.1. The van der Waals surface area contributed by atoms with Crippen LogP contribution >= 0.6 is 11.6 Å². The van der Waals surface area contributed by atoms with E-state index in [0.29, 0.717) is 35.2 Å². The summed E-state index contributed by atoms with van der Waals surface area (Å²) < 4.78 is 27.6. The van der Waals surface area contributed by atoms with E-state index in [9.17, 15) is 18.5 Å². The first-order chi connectivity index (χ1) is 15.3. The standard InChI is InChI=1S/C21H20ClN5O4S/c1-15-2-7-18(27(28)29)14-20(15)32(30,31)26-12-10-25(11-13-26)21-9-8-19(23-24-21)16-3-5-17(22)6-4-16/h2-9,14H,10-13H2,1H3. The molecule has 0 spiro atoms. The van der Waals surface area contributed by atoms with Crippen molar-refractivity contribution in [3.05, 3.63) is 75.3 Å². The SMILES string of the molecule is Cc1ccc([N+](=O)[O-])cc1S(=O)(=O)N1CCN(c2ccc(-c3ccc(Cl)cc3)nn2)CC1. The van der Waals surface area contributed by atoms with Gasteiger partial charge in [0.2, 0.25) is 10.0 Å². The third-order valence-corrected chi connectivity index (χ3v) is 7.65. The maximum absolute atomic E-state index is 13.1. The Morgan fingerprint density at radius 2 is 1.66 bits per heavy atom. The fourth-order valence-corrected chi connectivity index (χ4v) is 5.34. The molecule has 2 heterocycles. The quantitative estimate of drug-likeness (QED) is 0.411. The number of sulfonamides is 1. The van der Waals surface area contributed by atoms with Gasteiger partial charge in [-0.3, -0.25) is 10.1 Å². The van der Waals surface area contributed by atoms with Gasteiger partial charge in [0.25, 0.3) is 5.69 Å². The van der Waals surface area contributed by atoms with Gasteiger partial charge in [0.05, 0.1) is 15.5 Å². The third kappa shape index (κ3) is 4.43. The Morgan fingerprint density at radius 1 is 0.969 bits per heavy atom. The number of nitro groups is 1. The van der Waals surface area contributed by atoms with E-state index >= 15 is 0 Å². The van der Waals surface area contributed by atoms with E-state index in [1.807, 2.05) is 29.2 Å². The molecule has 0 N–H and O–H groups in total. The van der Waals surface area contributed by atoms with Crippen molar-refractivity contribution in [3.8, 4) is 11.3 Å². The van der Waals surface area contributed by atoms with E-state index in [1.165, 1.54) is 16.4 Å². The number of nitro benzene ring substituents is 1. The normalized spacial score (nSPS) is 15.0. The van der Waals surface area contributed by atoms with Gasteiger partial charge >= 0.3 is 0 Å². The van der Waals surface area contributed by atoms with Crippen LogP contribution in [0.3, 0.4) is 0 Å². The van der Waals surface area contributed by atoms with E-state index in [1.54, 1.807) is 19.1 Å². The first-order valence-corrected chi connectivity index (χ1v) is 11.7. The molecular weight excluding hydrogens is 454 g/mol. The van der Waals surface area contributed by atoms with Crippen molar-refractivity contribution in [1.29, 1.82) is 0 Å². The van der Waals surface area contributed by atoms with Gasteiger partial charge in [0.1, 0.15) is 0 Å². The largest absolute Gasteiger partial charge is 0.352 e. The molecule has 1 aliphatic heterocycles. The Hall–Kier alpha value is -3.08. The number of anilines is 1. The predicted octanol–water partition coefficient (Wildman–Crippen LogP) is 3.52. The molecular formula is C21H20ClN5O4S. The van der Waals surface area contributed by atoms with Crippen LogP contribution in [0.1, 0.15) is 5.56 Å². The van der Waals surface area contributed by atoms with Crippen LogP contribution in [0.5, 0.6) is 0 Å². The van der Waals surface area contributed by atoms with E-state index < -0.39 is 14.9 Å². The first-order valence-electron chi connectivity index (χ1n) is 9.85. The highest BCUT2D eigenvalue weighted by molar-refractivity contribution is 7.89. The zero-order valence-corrected chi connectivity index (χ0v) is 18.8. The van der Waals surface area contributed by atoms with Crippen LogP contribution in [0.4, 0.5) is 11.5 Å². The average Bonchev–Trinajstić information content (AvgIpc) is 2.80. The maximum Gasteiger partial charge on any atom is 0.270 e. The molecule has 0 aliphatic carbocycles. The van der Waals surface area contributed by atoms with Gasteiger partial charge in [0, 0.05) is 48.9 Å². The number of non-ortho nitro benzene ring substituents is 1. The van der Waals surface area contributed by atoms with Crippen LogP contribution in [0.2, 0.25) is 5.02 Å². The Morgan fingerprint density at radius 3 is 2.25 bits per heavy atom. The molecule has 1 aliphatic rings. The molecule has 32 heavy (non-hydrogen) atoms. The topological polar surface area (TPSA) is 110 Å². The summed E-state index contributed by atoms with van der Waals surface area (Å²) in [6.45, 7) is 2.98. The molecule has 166 valence electrons. The molecule has 11 heteroatoms. The number of benzene rings is 2. The minimum absolute atomic E-state index is 0.0349. The van der Waals surface area contributed by atoms with E-state index in [4.69, 9.17) is 11.6 Å². The highest BCUT2D eigenvalue weighted by atomic mass is 35.5. The number of rotatable bonds is 5. The van der Waals surface area contributed by atoms with Crippen LogP contribution in [0, 0.1) is 17.0 Å². The average molecular weight is 474 g/mol. The van der Waals surface area contributed by atoms with Crippen LogP contribution < -0.4 is 4.90 Å². The molecule has 0 atom stereocenters. The van der Waals surface area contributed by atoms with Gasteiger partial charge in [-0.1, -0.05) is 29.8 Å². The van der Waals surface area contributed by atoms with Crippen LogP contribution in [0.25, 0.3) is 11.3 Å². The monoisotopic (exact) mass is 473 g/mol. The number of halogens is 1. The lowest BCUT2D eigenvalue weighted by Gasteiger charge is -2.34. The Bertz CT molecular complexity index is 1240. The number of nitrogens with zero attached hydrogens (tertiary/aromatic N) is 5. The van der Waals surface area contributed by atoms with Crippen LogP contribution in [-0.2, 0) is 10.0 Å². The van der Waals surface area contributed by atoms with Crippen LogP contribution in [0.15, 0.2) is 59.5 Å². The van der Waals surface area contributed by atoms with Crippen molar-refractivity contribution < 1.29 is 13.3 Å². The van der Waals surface area contributed by atoms with Crippen molar-refractivity contribution >= 4 is 33.1 Å². The summed E-state index contributed by atoms with van der Waals surface area (Å²) in [4.78, 5) is 12.4. The molecule has 4 rings (SSSR count). The van der Waals surface area contributed by atoms with E-state index in [2.05, 4.69) is 10.2 Å². The molecule has 1 fully saturated rings. The summed E-state index contributed by atoms with van der Waals surface area (Å²) >= 11 is 5.92. The summed E-state index contributed by atoms with van der Waals surface area (Å²) in [7, 11) is -3.85. The Balaban J connectivity index is 1.46. The number of aryl methyl sites for hydroxylation is 1. The maximum atomic E-state index is 13.1. The number of aromatic nitrogens is 2.